The molecule has 0 unspecified atom stereocenters. The third kappa shape index (κ3) is 4.99. The Morgan fingerprint density at radius 2 is 1.68 bits per heavy atom. The van der Waals surface area contributed by atoms with E-state index in [-0.39, 0.29) is 12.4 Å². The molecule has 0 bridgehead atoms. The van der Waals surface area contributed by atoms with E-state index in [1.54, 1.807) is 0 Å². The first-order chi connectivity index (χ1) is 10.3. The van der Waals surface area contributed by atoms with Crippen LogP contribution in [-0.4, -0.2) is 36.1 Å². The largest absolute Gasteiger partial charge is 0.383 e. The molecule has 0 spiro atoms. The maximum absolute atomic E-state index is 6.25. The van der Waals surface area contributed by atoms with Crippen LogP contribution in [-0.2, 0) is 12.8 Å². The second-order valence-corrected chi connectivity index (χ2v) is 5.78. The van der Waals surface area contributed by atoms with Crippen LogP contribution in [0, 0.1) is 0 Å². The van der Waals surface area contributed by atoms with Crippen LogP contribution in [0.15, 0.2) is 0 Å². The molecule has 0 saturated carbocycles. The number of nitrogens with zero attached hydrogens (tertiary/aromatic N) is 3. The highest BCUT2D eigenvalue weighted by molar-refractivity contribution is 5.85. The fourth-order valence-corrected chi connectivity index (χ4v) is 2.72. The van der Waals surface area contributed by atoms with Crippen molar-refractivity contribution in [2.45, 2.75) is 52.4 Å². The minimum absolute atomic E-state index is 0. The molecule has 0 amide bonds. The van der Waals surface area contributed by atoms with Crippen LogP contribution < -0.4 is 16.0 Å². The fourth-order valence-electron chi connectivity index (χ4n) is 2.72. The zero-order chi connectivity index (χ0) is 15.1. The average Bonchev–Trinajstić information content (AvgIpc) is 2.52. The molecular weight excluding hydrogens is 298 g/mol. The second kappa shape index (κ2) is 9.85. The van der Waals surface area contributed by atoms with Gasteiger partial charge in [0.25, 0.3) is 0 Å². The number of hydrogen-bond acceptors (Lipinski definition) is 5. The SMILES string of the molecule is CCCCc1nc(N2CCNCC2)nc(N)c1CCCC.Cl. The summed E-state index contributed by atoms with van der Waals surface area (Å²) in [6, 6.07) is 0. The van der Waals surface area contributed by atoms with Crippen LogP contribution in [0.2, 0.25) is 0 Å². The number of aromatic nitrogens is 2. The number of nitrogens with two attached hydrogens (primary N) is 1. The van der Waals surface area contributed by atoms with Gasteiger partial charge in [-0.3, -0.25) is 0 Å². The predicted octanol–water partition coefficient (Wildman–Crippen LogP) is 2.58. The maximum atomic E-state index is 6.25. The first kappa shape index (κ1) is 19.0. The molecule has 1 aromatic heterocycles. The van der Waals surface area contributed by atoms with Crippen molar-refractivity contribution in [2.24, 2.45) is 0 Å². The van der Waals surface area contributed by atoms with Gasteiger partial charge in [0.05, 0.1) is 5.69 Å². The summed E-state index contributed by atoms with van der Waals surface area (Å²) in [4.78, 5) is 11.7. The molecule has 0 aliphatic carbocycles. The summed E-state index contributed by atoms with van der Waals surface area (Å²) in [6.07, 6.45) is 6.69. The topological polar surface area (TPSA) is 67.1 Å². The Balaban J connectivity index is 0.00000242. The molecule has 5 nitrogen and oxygen atoms in total. The van der Waals surface area contributed by atoms with E-state index in [0.29, 0.717) is 5.82 Å². The van der Waals surface area contributed by atoms with Crippen LogP contribution in [0.1, 0.15) is 50.8 Å². The molecular formula is C16H30ClN5. The van der Waals surface area contributed by atoms with Crippen LogP contribution in [0.5, 0.6) is 0 Å². The molecule has 3 N–H and O–H groups in total. The van der Waals surface area contributed by atoms with Gasteiger partial charge in [-0.25, -0.2) is 4.98 Å². The van der Waals surface area contributed by atoms with Gasteiger partial charge in [-0.15, -0.1) is 12.4 Å². The highest BCUT2D eigenvalue weighted by atomic mass is 35.5. The fraction of sp³-hybridized carbons (Fsp3) is 0.750. The molecule has 1 aliphatic heterocycles. The van der Waals surface area contributed by atoms with Crippen molar-refractivity contribution in [3.05, 3.63) is 11.3 Å². The number of unbranched alkanes of at least 4 members (excludes halogenated alkanes) is 2. The highest BCUT2D eigenvalue weighted by Gasteiger charge is 2.17. The van der Waals surface area contributed by atoms with Gasteiger partial charge in [-0.1, -0.05) is 26.7 Å². The van der Waals surface area contributed by atoms with Crippen molar-refractivity contribution in [2.75, 3.05) is 36.8 Å². The molecule has 2 rings (SSSR count). The van der Waals surface area contributed by atoms with Crippen molar-refractivity contribution in [3.8, 4) is 0 Å². The van der Waals surface area contributed by atoms with Crippen molar-refractivity contribution < 1.29 is 0 Å². The van der Waals surface area contributed by atoms with Gasteiger partial charge in [0.15, 0.2) is 0 Å². The minimum Gasteiger partial charge on any atom is -0.383 e. The van der Waals surface area contributed by atoms with Gasteiger partial charge >= 0.3 is 0 Å². The smallest absolute Gasteiger partial charge is 0.227 e. The summed E-state index contributed by atoms with van der Waals surface area (Å²) >= 11 is 0. The molecule has 0 radical (unpaired) electrons. The van der Waals surface area contributed by atoms with Crippen LogP contribution in [0.25, 0.3) is 0 Å². The third-order valence-electron chi connectivity index (χ3n) is 4.06. The molecule has 0 atom stereocenters. The van der Waals surface area contributed by atoms with E-state index in [2.05, 4.69) is 29.0 Å². The lowest BCUT2D eigenvalue weighted by Crippen LogP contribution is -2.44. The molecule has 1 saturated heterocycles. The van der Waals surface area contributed by atoms with E-state index >= 15 is 0 Å². The zero-order valence-electron chi connectivity index (χ0n) is 13.9. The molecule has 0 aromatic carbocycles. The average molecular weight is 328 g/mol. The zero-order valence-corrected chi connectivity index (χ0v) is 14.7. The van der Waals surface area contributed by atoms with E-state index in [1.807, 2.05) is 0 Å². The molecule has 2 heterocycles. The summed E-state index contributed by atoms with van der Waals surface area (Å²) in [6.45, 7) is 8.32. The second-order valence-electron chi connectivity index (χ2n) is 5.78. The Labute approximate surface area is 140 Å². The standard InChI is InChI=1S/C16H29N5.ClH/c1-3-5-7-13-14(8-6-4-2)19-16(20-15(13)17)21-11-9-18-10-12-21;/h18H,3-12H2,1-2H3,(H2,17,19,20);1H. The van der Waals surface area contributed by atoms with Crippen LogP contribution >= 0.6 is 12.4 Å². The number of nitrogen functional groups attached to an aromatic ring is 1. The summed E-state index contributed by atoms with van der Waals surface area (Å²) in [5, 5.41) is 3.36. The molecule has 1 fully saturated rings. The molecule has 22 heavy (non-hydrogen) atoms. The van der Waals surface area contributed by atoms with E-state index in [4.69, 9.17) is 10.7 Å². The van der Waals surface area contributed by atoms with Gasteiger partial charge in [0.1, 0.15) is 5.82 Å². The van der Waals surface area contributed by atoms with E-state index in [0.717, 1.165) is 57.8 Å². The van der Waals surface area contributed by atoms with Gasteiger partial charge in [0, 0.05) is 31.7 Å². The number of piperazine rings is 1. The number of aryl methyl sites for hydroxylation is 1. The molecule has 6 heteroatoms. The number of rotatable bonds is 7. The minimum atomic E-state index is 0. The van der Waals surface area contributed by atoms with Crippen LogP contribution in [0.3, 0.4) is 0 Å². The lowest BCUT2D eigenvalue weighted by Gasteiger charge is -2.28. The number of nitrogens with one attached hydrogen (secondary N) is 1. The number of halogens is 1. The van der Waals surface area contributed by atoms with E-state index in [9.17, 15) is 0 Å². The van der Waals surface area contributed by atoms with Gasteiger partial charge in [-0.05, 0) is 25.7 Å². The van der Waals surface area contributed by atoms with E-state index < -0.39 is 0 Å². The van der Waals surface area contributed by atoms with Gasteiger partial charge < -0.3 is 16.0 Å². The van der Waals surface area contributed by atoms with Crippen molar-refractivity contribution in [3.63, 3.8) is 0 Å². The van der Waals surface area contributed by atoms with Crippen molar-refractivity contribution >= 4 is 24.2 Å². The Morgan fingerprint density at radius 3 is 2.32 bits per heavy atom. The monoisotopic (exact) mass is 327 g/mol. The first-order valence-electron chi connectivity index (χ1n) is 8.37. The van der Waals surface area contributed by atoms with E-state index in [1.165, 1.54) is 24.1 Å². The Hall–Kier alpha value is -1.07. The lowest BCUT2D eigenvalue weighted by atomic mass is 10.0. The van der Waals surface area contributed by atoms with Gasteiger partial charge in [0.2, 0.25) is 5.95 Å². The number of anilines is 2. The molecule has 126 valence electrons. The highest BCUT2D eigenvalue weighted by Crippen LogP contribution is 2.22. The Kier molecular flexibility index (Phi) is 8.49. The summed E-state index contributed by atoms with van der Waals surface area (Å²) in [5.41, 5.74) is 8.60. The summed E-state index contributed by atoms with van der Waals surface area (Å²) in [7, 11) is 0. The molecule has 1 aliphatic rings. The Bertz CT molecular complexity index is 446. The van der Waals surface area contributed by atoms with Crippen molar-refractivity contribution in [1.29, 1.82) is 0 Å². The quantitative estimate of drug-likeness (QED) is 0.805. The third-order valence-corrected chi connectivity index (χ3v) is 4.06. The summed E-state index contributed by atoms with van der Waals surface area (Å²) in [5.74, 6) is 1.51. The van der Waals surface area contributed by atoms with Gasteiger partial charge in [-0.2, -0.15) is 4.98 Å². The molecule has 1 aromatic rings. The lowest BCUT2D eigenvalue weighted by molar-refractivity contribution is 0.578. The summed E-state index contributed by atoms with van der Waals surface area (Å²) < 4.78 is 0. The normalized spacial score (nSPS) is 14.7. The Morgan fingerprint density at radius 1 is 1.05 bits per heavy atom. The first-order valence-corrected chi connectivity index (χ1v) is 8.37. The number of hydrogen-bond donors (Lipinski definition) is 2. The predicted molar refractivity (Wildman–Crippen MR) is 96.0 cm³/mol. The van der Waals surface area contributed by atoms with Crippen LogP contribution in [0.4, 0.5) is 11.8 Å². The van der Waals surface area contributed by atoms with Crippen molar-refractivity contribution in [1.82, 2.24) is 15.3 Å². The maximum Gasteiger partial charge on any atom is 0.227 e.